The molecule has 1 aromatic heterocycles. The number of hydrogen-bond acceptors (Lipinski definition) is 4. The quantitative estimate of drug-likeness (QED) is 0.879. The summed E-state index contributed by atoms with van der Waals surface area (Å²) in [6.45, 7) is 2.04. The zero-order valence-corrected chi connectivity index (χ0v) is 11.4. The summed E-state index contributed by atoms with van der Waals surface area (Å²) < 4.78 is 26.4. The maximum Gasteiger partial charge on any atom is 0.139 e. The molecule has 0 saturated carbocycles. The molecule has 2 aromatic rings. The van der Waals surface area contributed by atoms with Gasteiger partial charge in [0.2, 0.25) is 0 Å². The first-order chi connectivity index (χ1) is 9.63. The highest BCUT2D eigenvalue weighted by atomic mass is 19.1. The van der Waals surface area contributed by atoms with E-state index in [9.17, 15) is 8.78 Å². The molecular weight excluding hydrogens is 262 g/mol. The number of hydrogen-bond donors (Lipinski definition) is 2. The standard InChI is InChI=1S/C14H16F2N4/c1-3-4-12-13(17-2)18-8-19-14(12)20-11-6-9(15)5-10(16)7-11/h5-8H,3-4H2,1-2H3,(H2,17,18,19,20). The Labute approximate surface area is 116 Å². The number of aromatic nitrogens is 2. The van der Waals surface area contributed by atoms with Gasteiger partial charge in [-0.2, -0.15) is 0 Å². The van der Waals surface area contributed by atoms with Crippen LogP contribution in [0.5, 0.6) is 0 Å². The van der Waals surface area contributed by atoms with Crippen molar-refractivity contribution in [1.82, 2.24) is 9.97 Å². The van der Waals surface area contributed by atoms with E-state index in [0.717, 1.165) is 24.5 Å². The van der Waals surface area contributed by atoms with Crippen LogP contribution in [0, 0.1) is 11.6 Å². The number of rotatable bonds is 5. The molecule has 0 saturated heterocycles. The van der Waals surface area contributed by atoms with Crippen LogP contribution in [-0.4, -0.2) is 17.0 Å². The normalized spacial score (nSPS) is 10.4. The molecule has 1 aromatic carbocycles. The summed E-state index contributed by atoms with van der Waals surface area (Å²) in [4.78, 5) is 8.30. The lowest BCUT2D eigenvalue weighted by molar-refractivity contribution is 0.584. The van der Waals surface area contributed by atoms with Crippen molar-refractivity contribution in [1.29, 1.82) is 0 Å². The van der Waals surface area contributed by atoms with Crippen LogP contribution >= 0.6 is 0 Å². The van der Waals surface area contributed by atoms with E-state index in [1.54, 1.807) is 7.05 Å². The summed E-state index contributed by atoms with van der Waals surface area (Å²) in [6, 6.07) is 3.27. The largest absolute Gasteiger partial charge is 0.373 e. The molecule has 6 heteroatoms. The molecule has 0 aliphatic rings. The van der Waals surface area contributed by atoms with Crippen molar-refractivity contribution in [3.05, 3.63) is 41.7 Å². The average Bonchev–Trinajstić information content (AvgIpc) is 2.39. The minimum Gasteiger partial charge on any atom is -0.373 e. The summed E-state index contributed by atoms with van der Waals surface area (Å²) in [6.07, 6.45) is 3.08. The van der Waals surface area contributed by atoms with Crippen molar-refractivity contribution < 1.29 is 8.78 Å². The Morgan fingerprint density at radius 2 is 1.70 bits per heavy atom. The molecule has 1 heterocycles. The molecular formula is C14H16F2N4. The molecule has 0 amide bonds. The van der Waals surface area contributed by atoms with Crippen LogP contribution < -0.4 is 10.6 Å². The highest BCUT2D eigenvalue weighted by Crippen LogP contribution is 2.25. The van der Waals surface area contributed by atoms with E-state index in [4.69, 9.17) is 0 Å². The van der Waals surface area contributed by atoms with Gasteiger partial charge in [-0.15, -0.1) is 0 Å². The van der Waals surface area contributed by atoms with E-state index < -0.39 is 11.6 Å². The number of nitrogens with one attached hydrogen (secondary N) is 2. The zero-order chi connectivity index (χ0) is 14.5. The first-order valence-corrected chi connectivity index (χ1v) is 6.38. The third kappa shape index (κ3) is 3.20. The van der Waals surface area contributed by atoms with Gasteiger partial charge < -0.3 is 10.6 Å². The third-order valence-corrected chi connectivity index (χ3v) is 2.81. The Kier molecular flexibility index (Phi) is 4.45. The second-order valence-electron chi connectivity index (χ2n) is 4.33. The lowest BCUT2D eigenvalue weighted by Crippen LogP contribution is -2.05. The monoisotopic (exact) mass is 278 g/mol. The van der Waals surface area contributed by atoms with Gasteiger partial charge in [0.25, 0.3) is 0 Å². The fourth-order valence-electron chi connectivity index (χ4n) is 1.99. The van der Waals surface area contributed by atoms with Crippen molar-refractivity contribution in [3.63, 3.8) is 0 Å². The van der Waals surface area contributed by atoms with E-state index in [1.165, 1.54) is 18.5 Å². The van der Waals surface area contributed by atoms with Gasteiger partial charge in [-0.25, -0.2) is 18.7 Å². The van der Waals surface area contributed by atoms with Gasteiger partial charge in [0, 0.05) is 24.4 Å². The van der Waals surface area contributed by atoms with Crippen LogP contribution in [0.25, 0.3) is 0 Å². The topological polar surface area (TPSA) is 49.8 Å². The molecule has 2 rings (SSSR count). The maximum absolute atomic E-state index is 13.2. The molecule has 4 nitrogen and oxygen atoms in total. The Morgan fingerprint density at radius 1 is 1.05 bits per heavy atom. The Hall–Kier alpha value is -2.24. The van der Waals surface area contributed by atoms with Gasteiger partial charge in [0.15, 0.2) is 0 Å². The minimum absolute atomic E-state index is 0.320. The summed E-state index contributed by atoms with van der Waals surface area (Å²) in [5.41, 5.74) is 1.21. The summed E-state index contributed by atoms with van der Waals surface area (Å²) >= 11 is 0. The van der Waals surface area contributed by atoms with E-state index in [1.807, 2.05) is 6.92 Å². The first-order valence-electron chi connectivity index (χ1n) is 6.38. The Balaban J connectivity index is 2.37. The lowest BCUT2D eigenvalue weighted by atomic mass is 10.1. The zero-order valence-electron chi connectivity index (χ0n) is 11.4. The SMILES string of the molecule is CCCc1c(NC)ncnc1Nc1cc(F)cc(F)c1. The molecule has 106 valence electrons. The van der Waals surface area contributed by atoms with Crippen molar-refractivity contribution >= 4 is 17.3 Å². The molecule has 0 spiro atoms. The number of nitrogens with zero attached hydrogens (tertiary/aromatic N) is 2. The summed E-state index contributed by atoms with van der Waals surface area (Å²) in [5.74, 6) is -0.00250. The van der Waals surface area contributed by atoms with Gasteiger partial charge in [0.1, 0.15) is 29.6 Å². The molecule has 0 aliphatic carbocycles. The molecule has 2 N–H and O–H groups in total. The van der Waals surface area contributed by atoms with Crippen LogP contribution in [0.3, 0.4) is 0 Å². The smallest absolute Gasteiger partial charge is 0.139 e. The van der Waals surface area contributed by atoms with E-state index >= 15 is 0 Å². The average molecular weight is 278 g/mol. The van der Waals surface area contributed by atoms with Crippen LogP contribution in [-0.2, 0) is 6.42 Å². The van der Waals surface area contributed by atoms with E-state index in [-0.39, 0.29) is 0 Å². The minimum atomic E-state index is -0.632. The molecule has 0 bridgehead atoms. The third-order valence-electron chi connectivity index (χ3n) is 2.81. The fraction of sp³-hybridized carbons (Fsp3) is 0.286. The molecule has 0 fully saturated rings. The summed E-state index contributed by atoms with van der Waals surface area (Å²) in [7, 11) is 1.77. The number of halogens is 2. The molecule has 20 heavy (non-hydrogen) atoms. The fourth-order valence-corrected chi connectivity index (χ4v) is 1.99. The second-order valence-corrected chi connectivity index (χ2v) is 4.33. The van der Waals surface area contributed by atoms with Gasteiger partial charge >= 0.3 is 0 Å². The van der Waals surface area contributed by atoms with Crippen LogP contribution in [0.2, 0.25) is 0 Å². The van der Waals surface area contributed by atoms with E-state index in [0.29, 0.717) is 17.3 Å². The van der Waals surface area contributed by atoms with Crippen LogP contribution in [0.4, 0.5) is 26.1 Å². The Bertz CT molecular complexity index is 581. The number of benzene rings is 1. The van der Waals surface area contributed by atoms with Crippen molar-refractivity contribution in [3.8, 4) is 0 Å². The van der Waals surface area contributed by atoms with Crippen molar-refractivity contribution in [2.24, 2.45) is 0 Å². The summed E-state index contributed by atoms with van der Waals surface area (Å²) in [5, 5.41) is 5.93. The second kappa shape index (κ2) is 6.27. The molecule has 0 unspecified atom stereocenters. The van der Waals surface area contributed by atoms with Gasteiger partial charge in [-0.05, 0) is 18.6 Å². The number of anilines is 3. The van der Waals surface area contributed by atoms with Gasteiger partial charge in [-0.1, -0.05) is 13.3 Å². The highest BCUT2D eigenvalue weighted by Gasteiger charge is 2.11. The highest BCUT2D eigenvalue weighted by molar-refractivity contribution is 5.64. The van der Waals surface area contributed by atoms with Crippen molar-refractivity contribution in [2.75, 3.05) is 17.7 Å². The molecule has 0 aliphatic heterocycles. The molecule has 0 atom stereocenters. The molecule has 0 radical (unpaired) electrons. The lowest BCUT2D eigenvalue weighted by Gasteiger charge is -2.13. The maximum atomic E-state index is 13.2. The van der Waals surface area contributed by atoms with Gasteiger partial charge in [0.05, 0.1) is 0 Å². The van der Waals surface area contributed by atoms with E-state index in [2.05, 4.69) is 20.6 Å². The van der Waals surface area contributed by atoms with Crippen LogP contribution in [0.1, 0.15) is 18.9 Å². The predicted octanol–water partition coefficient (Wildman–Crippen LogP) is 3.49. The van der Waals surface area contributed by atoms with Crippen LogP contribution in [0.15, 0.2) is 24.5 Å². The van der Waals surface area contributed by atoms with Gasteiger partial charge in [-0.3, -0.25) is 0 Å². The Morgan fingerprint density at radius 3 is 2.30 bits per heavy atom. The first kappa shape index (κ1) is 14.2. The predicted molar refractivity (Wildman–Crippen MR) is 75.2 cm³/mol. The van der Waals surface area contributed by atoms with Crippen molar-refractivity contribution in [2.45, 2.75) is 19.8 Å².